The highest BCUT2D eigenvalue weighted by molar-refractivity contribution is 4.78. The van der Waals surface area contributed by atoms with Crippen LogP contribution in [0.4, 0.5) is 0 Å². The zero-order valence-corrected chi connectivity index (χ0v) is 13.4. The van der Waals surface area contributed by atoms with Gasteiger partial charge >= 0.3 is 0 Å². The molecule has 0 spiro atoms. The summed E-state index contributed by atoms with van der Waals surface area (Å²) in [6.07, 6.45) is 17.3. The molecule has 19 heavy (non-hydrogen) atoms. The summed E-state index contributed by atoms with van der Waals surface area (Å²) in [7, 11) is 0. The molecule has 0 aliphatic heterocycles. The molecule has 1 N–H and O–H groups in total. The summed E-state index contributed by atoms with van der Waals surface area (Å²) in [6, 6.07) is 0. The molecule has 0 aromatic carbocycles. The first-order valence-corrected chi connectivity index (χ1v) is 8.94. The third kappa shape index (κ3) is 7.97. The Hall–Kier alpha value is -0.0400. The number of hydrogen-bond acceptors (Lipinski definition) is 1. The Morgan fingerprint density at radius 1 is 0.684 bits per heavy atom. The molecule has 1 rings (SSSR count). The molecule has 0 radical (unpaired) electrons. The lowest BCUT2D eigenvalue weighted by molar-refractivity contribution is 0.0626. The van der Waals surface area contributed by atoms with Crippen molar-refractivity contribution in [1.29, 1.82) is 0 Å². The van der Waals surface area contributed by atoms with Crippen LogP contribution in [-0.4, -0.2) is 11.2 Å². The van der Waals surface area contributed by atoms with E-state index in [0.717, 1.165) is 24.7 Å². The van der Waals surface area contributed by atoms with E-state index in [9.17, 15) is 5.11 Å². The van der Waals surface area contributed by atoms with Crippen molar-refractivity contribution < 1.29 is 5.11 Å². The van der Waals surface area contributed by atoms with Gasteiger partial charge in [-0.2, -0.15) is 0 Å². The first-order valence-electron chi connectivity index (χ1n) is 8.94. The van der Waals surface area contributed by atoms with Crippen molar-refractivity contribution in [1.82, 2.24) is 0 Å². The quantitative estimate of drug-likeness (QED) is 0.503. The molecule has 1 saturated carbocycles. The predicted molar refractivity (Wildman–Crippen MR) is 84.4 cm³/mol. The van der Waals surface area contributed by atoms with Gasteiger partial charge in [0, 0.05) is 0 Å². The van der Waals surface area contributed by atoms with E-state index in [1.165, 1.54) is 70.6 Å². The summed E-state index contributed by atoms with van der Waals surface area (Å²) in [5.41, 5.74) is 0. The van der Waals surface area contributed by atoms with Crippen LogP contribution in [0.5, 0.6) is 0 Å². The molecular formula is C18H36O. The minimum absolute atomic E-state index is 0.00102. The van der Waals surface area contributed by atoms with Crippen molar-refractivity contribution in [3.05, 3.63) is 0 Å². The van der Waals surface area contributed by atoms with Gasteiger partial charge in [0.25, 0.3) is 0 Å². The SMILES string of the molecule is CCCCCCC1CC(O)CC(CCCCCC)C1. The number of aliphatic hydroxyl groups is 1. The van der Waals surface area contributed by atoms with Crippen LogP contribution in [-0.2, 0) is 0 Å². The monoisotopic (exact) mass is 268 g/mol. The van der Waals surface area contributed by atoms with E-state index in [4.69, 9.17) is 0 Å². The van der Waals surface area contributed by atoms with Gasteiger partial charge < -0.3 is 5.11 Å². The van der Waals surface area contributed by atoms with Gasteiger partial charge in [-0.3, -0.25) is 0 Å². The van der Waals surface area contributed by atoms with Gasteiger partial charge in [-0.25, -0.2) is 0 Å². The van der Waals surface area contributed by atoms with Gasteiger partial charge in [0.15, 0.2) is 0 Å². The molecule has 0 heterocycles. The van der Waals surface area contributed by atoms with Gasteiger partial charge in [-0.1, -0.05) is 78.1 Å². The minimum Gasteiger partial charge on any atom is -0.393 e. The highest BCUT2D eigenvalue weighted by Gasteiger charge is 2.26. The third-order valence-electron chi connectivity index (χ3n) is 4.81. The fourth-order valence-electron chi connectivity index (χ4n) is 3.72. The lowest BCUT2D eigenvalue weighted by Gasteiger charge is -2.32. The minimum atomic E-state index is 0.00102. The molecule has 2 unspecified atom stereocenters. The normalized spacial score (nSPS) is 27.6. The Kier molecular flexibility index (Phi) is 9.59. The maximum Gasteiger partial charge on any atom is 0.0545 e. The molecule has 1 fully saturated rings. The summed E-state index contributed by atoms with van der Waals surface area (Å²) in [5.74, 6) is 1.63. The summed E-state index contributed by atoms with van der Waals surface area (Å²) in [6.45, 7) is 4.55. The highest BCUT2D eigenvalue weighted by atomic mass is 16.3. The van der Waals surface area contributed by atoms with Crippen LogP contribution in [0.1, 0.15) is 97.3 Å². The number of aliphatic hydroxyl groups excluding tert-OH is 1. The van der Waals surface area contributed by atoms with E-state index >= 15 is 0 Å². The van der Waals surface area contributed by atoms with Crippen molar-refractivity contribution in [2.45, 2.75) is 103 Å². The lowest BCUT2D eigenvalue weighted by Crippen LogP contribution is -2.26. The maximum absolute atomic E-state index is 10.1. The Morgan fingerprint density at radius 3 is 1.58 bits per heavy atom. The molecule has 0 bridgehead atoms. The van der Waals surface area contributed by atoms with E-state index in [2.05, 4.69) is 13.8 Å². The molecule has 0 aromatic rings. The summed E-state index contributed by atoms with van der Waals surface area (Å²) < 4.78 is 0. The van der Waals surface area contributed by atoms with Crippen molar-refractivity contribution in [2.75, 3.05) is 0 Å². The van der Waals surface area contributed by atoms with Crippen LogP contribution in [0.15, 0.2) is 0 Å². The summed E-state index contributed by atoms with van der Waals surface area (Å²) in [5, 5.41) is 10.1. The maximum atomic E-state index is 10.1. The molecule has 0 aromatic heterocycles. The van der Waals surface area contributed by atoms with Crippen LogP contribution in [0.3, 0.4) is 0 Å². The Labute approximate surface area is 121 Å². The van der Waals surface area contributed by atoms with Crippen molar-refractivity contribution in [3.8, 4) is 0 Å². The third-order valence-corrected chi connectivity index (χ3v) is 4.81. The van der Waals surface area contributed by atoms with Gasteiger partial charge in [0.05, 0.1) is 6.10 Å². The average Bonchev–Trinajstić information content (AvgIpc) is 2.39. The molecule has 1 nitrogen and oxygen atoms in total. The molecule has 0 amide bonds. The molecule has 114 valence electrons. The zero-order chi connectivity index (χ0) is 13.9. The summed E-state index contributed by atoms with van der Waals surface area (Å²) in [4.78, 5) is 0. The second-order valence-corrected chi connectivity index (χ2v) is 6.79. The van der Waals surface area contributed by atoms with E-state index in [1.807, 2.05) is 0 Å². The largest absolute Gasteiger partial charge is 0.393 e. The predicted octanol–water partition coefficient (Wildman–Crippen LogP) is 5.70. The van der Waals surface area contributed by atoms with Crippen LogP contribution in [0, 0.1) is 11.8 Å². The van der Waals surface area contributed by atoms with E-state index in [-0.39, 0.29) is 6.10 Å². The van der Waals surface area contributed by atoms with Crippen molar-refractivity contribution >= 4 is 0 Å². The Morgan fingerprint density at radius 2 is 1.16 bits per heavy atom. The van der Waals surface area contributed by atoms with Gasteiger partial charge in [-0.15, -0.1) is 0 Å². The number of hydrogen-bond donors (Lipinski definition) is 1. The average molecular weight is 268 g/mol. The molecule has 1 aliphatic rings. The fraction of sp³-hybridized carbons (Fsp3) is 1.00. The van der Waals surface area contributed by atoms with Crippen LogP contribution >= 0.6 is 0 Å². The first kappa shape index (κ1) is 17.0. The van der Waals surface area contributed by atoms with Crippen LogP contribution in [0.25, 0.3) is 0 Å². The van der Waals surface area contributed by atoms with Gasteiger partial charge in [0.1, 0.15) is 0 Å². The van der Waals surface area contributed by atoms with E-state index in [1.54, 1.807) is 0 Å². The van der Waals surface area contributed by atoms with E-state index in [0.29, 0.717) is 0 Å². The standard InChI is InChI=1S/C18H36O/c1-3-5-7-9-11-16-13-17(15-18(19)14-16)12-10-8-6-4-2/h16-19H,3-15H2,1-2H3. The first-order chi connectivity index (χ1) is 9.26. The Bertz CT molecular complexity index is 182. The van der Waals surface area contributed by atoms with Crippen molar-refractivity contribution in [3.63, 3.8) is 0 Å². The lowest BCUT2D eigenvalue weighted by atomic mass is 9.75. The Balaban J connectivity index is 2.16. The van der Waals surface area contributed by atoms with Gasteiger partial charge in [-0.05, 0) is 31.1 Å². The number of rotatable bonds is 10. The number of unbranched alkanes of at least 4 members (excludes halogenated alkanes) is 6. The smallest absolute Gasteiger partial charge is 0.0545 e. The fourth-order valence-corrected chi connectivity index (χ4v) is 3.72. The molecule has 1 aliphatic carbocycles. The summed E-state index contributed by atoms with van der Waals surface area (Å²) >= 11 is 0. The van der Waals surface area contributed by atoms with Crippen LogP contribution < -0.4 is 0 Å². The van der Waals surface area contributed by atoms with Gasteiger partial charge in [0.2, 0.25) is 0 Å². The highest BCUT2D eigenvalue weighted by Crippen LogP contribution is 2.35. The molecule has 2 atom stereocenters. The molecular weight excluding hydrogens is 232 g/mol. The van der Waals surface area contributed by atoms with E-state index < -0.39 is 0 Å². The van der Waals surface area contributed by atoms with Crippen molar-refractivity contribution in [2.24, 2.45) is 11.8 Å². The zero-order valence-electron chi connectivity index (χ0n) is 13.4. The second kappa shape index (κ2) is 10.7. The molecule has 0 saturated heterocycles. The van der Waals surface area contributed by atoms with Crippen LogP contribution in [0.2, 0.25) is 0 Å². The second-order valence-electron chi connectivity index (χ2n) is 6.79. The molecule has 1 heteroatoms. The topological polar surface area (TPSA) is 20.2 Å².